The van der Waals surface area contributed by atoms with Crippen LogP contribution in [-0.4, -0.2) is 4.40 Å². The number of nitriles is 2. The van der Waals surface area contributed by atoms with E-state index in [0.29, 0.717) is 11.1 Å². The van der Waals surface area contributed by atoms with Crippen LogP contribution in [0.15, 0.2) is 152 Å². The second-order valence-electron chi connectivity index (χ2n) is 11.9. The Hall–Kier alpha value is -6.68. The highest BCUT2D eigenvalue weighted by Gasteiger charge is 2.26. The SMILES string of the molecule is N#Cc1ccc2c3c(-c4ccccc4-c4ccccc4)cc(-c4ccccc4-c4ccccc4)c4c5ccc(C#N)cc5n(c2c1)c34. The van der Waals surface area contributed by atoms with Gasteiger partial charge in [-0.15, -0.1) is 0 Å². The van der Waals surface area contributed by atoms with Crippen molar-refractivity contribution in [2.75, 3.05) is 0 Å². The number of hydrogen-bond acceptors (Lipinski definition) is 2. The molecule has 216 valence electrons. The summed E-state index contributed by atoms with van der Waals surface area (Å²) in [6, 6.07) is 57.4. The molecule has 0 aliphatic rings. The first-order chi connectivity index (χ1) is 23.2. The summed E-state index contributed by atoms with van der Waals surface area (Å²) in [7, 11) is 0. The molecule has 0 aliphatic carbocycles. The topological polar surface area (TPSA) is 52.0 Å². The summed E-state index contributed by atoms with van der Waals surface area (Å²) >= 11 is 0. The molecule has 9 aromatic rings. The van der Waals surface area contributed by atoms with Crippen molar-refractivity contribution in [1.82, 2.24) is 4.40 Å². The summed E-state index contributed by atoms with van der Waals surface area (Å²) < 4.78 is 2.28. The molecule has 0 saturated carbocycles. The van der Waals surface area contributed by atoms with Gasteiger partial charge in [-0.3, -0.25) is 0 Å². The van der Waals surface area contributed by atoms with E-state index in [2.05, 4.69) is 132 Å². The fraction of sp³-hybridized carbons (Fsp3) is 0. The number of aromatic nitrogens is 1. The number of rotatable bonds is 4. The van der Waals surface area contributed by atoms with E-state index >= 15 is 0 Å². The summed E-state index contributed by atoms with van der Waals surface area (Å²) in [6.07, 6.45) is 0. The minimum Gasteiger partial charge on any atom is -0.308 e. The summed E-state index contributed by atoms with van der Waals surface area (Å²) in [5.41, 5.74) is 13.4. The predicted molar refractivity (Wildman–Crippen MR) is 192 cm³/mol. The molecule has 0 fully saturated rings. The van der Waals surface area contributed by atoms with Gasteiger partial charge in [-0.25, -0.2) is 0 Å². The Balaban J connectivity index is 1.53. The zero-order valence-corrected chi connectivity index (χ0v) is 25.3. The lowest BCUT2D eigenvalue weighted by Crippen LogP contribution is -1.91. The van der Waals surface area contributed by atoms with Crippen molar-refractivity contribution in [3.63, 3.8) is 0 Å². The Morgan fingerprint density at radius 1 is 0.383 bits per heavy atom. The highest BCUT2D eigenvalue weighted by atomic mass is 14.9. The number of nitrogens with zero attached hydrogens (tertiary/aromatic N) is 3. The van der Waals surface area contributed by atoms with Gasteiger partial charge in [0.15, 0.2) is 0 Å². The maximum atomic E-state index is 9.95. The highest BCUT2D eigenvalue weighted by molar-refractivity contribution is 6.31. The van der Waals surface area contributed by atoms with E-state index in [0.717, 1.165) is 82.6 Å². The molecule has 3 nitrogen and oxygen atoms in total. The van der Waals surface area contributed by atoms with E-state index in [9.17, 15) is 10.5 Å². The Morgan fingerprint density at radius 3 is 1.21 bits per heavy atom. The van der Waals surface area contributed by atoms with E-state index in [-0.39, 0.29) is 0 Å². The Morgan fingerprint density at radius 2 is 0.787 bits per heavy atom. The average Bonchev–Trinajstić information content (AvgIpc) is 3.67. The zero-order valence-electron chi connectivity index (χ0n) is 25.3. The van der Waals surface area contributed by atoms with Crippen LogP contribution in [-0.2, 0) is 0 Å². The Bertz CT molecular complexity index is 2550. The summed E-state index contributed by atoms with van der Waals surface area (Å²) in [6.45, 7) is 0. The average molecular weight is 596 g/mol. The third-order valence-corrected chi connectivity index (χ3v) is 9.40. The summed E-state index contributed by atoms with van der Waals surface area (Å²) in [5, 5.41) is 24.3. The van der Waals surface area contributed by atoms with Crippen LogP contribution >= 0.6 is 0 Å². The molecule has 0 spiro atoms. The molecule has 3 heteroatoms. The lowest BCUT2D eigenvalue weighted by atomic mass is 9.86. The largest absolute Gasteiger partial charge is 0.308 e. The van der Waals surface area contributed by atoms with Crippen LogP contribution in [0, 0.1) is 22.7 Å². The van der Waals surface area contributed by atoms with Crippen molar-refractivity contribution in [2.24, 2.45) is 0 Å². The van der Waals surface area contributed by atoms with Crippen LogP contribution in [0.4, 0.5) is 0 Å². The van der Waals surface area contributed by atoms with Crippen molar-refractivity contribution < 1.29 is 0 Å². The summed E-state index contributed by atoms with van der Waals surface area (Å²) in [5.74, 6) is 0. The summed E-state index contributed by atoms with van der Waals surface area (Å²) in [4.78, 5) is 0. The fourth-order valence-electron chi connectivity index (χ4n) is 7.40. The normalized spacial score (nSPS) is 11.4. The van der Waals surface area contributed by atoms with Crippen molar-refractivity contribution >= 4 is 38.1 Å². The molecule has 0 saturated heterocycles. The van der Waals surface area contributed by atoms with Gasteiger partial charge >= 0.3 is 0 Å². The van der Waals surface area contributed by atoms with Crippen LogP contribution in [0.25, 0.3) is 82.6 Å². The molecule has 0 radical (unpaired) electrons. The lowest BCUT2D eigenvalue weighted by molar-refractivity contribution is 1.36. The van der Waals surface area contributed by atoms with Crippen LogP contribution < -0.4 is 0 Å². The van der Waals surface area contributed by atoms with Gasteiger partial charge in [0.05, 0.1) is 39.8 Å². The van der Waals surface area contributed by atoms with Gasteiger partial charge in [0, 0.05) is 21.5 Å². The van der Waals surface area contributed by atoms with Gasteiger partial charge in [-0.1, -0.05) is 121 Å². The molecule has 0 aliphatic heterocycles. The van der Waals surface area contributed by atoms with E-state index in [1.54, 1.807) is 0 Å². The molecular formula is C44H25N3. The molecule has 7 aromatic carbocycles. The molecule has 2 aromatic heterocycles. The zero-order chi connectivity index (χ0) is 31.5. The monoisotopic (exact) mass is 595 g/mol. The molecule has 0 atom stereocenters. The Labute approximate surface area is 271 Å². The van der Waals surface area contributed by atoms with Crippen molar-refractivity contribution in [1.29, 1.82) is 10.5 Å². The fourth-order valence-corrected chi connectivity index (χ4v) is 7.40. The first-order valence-electron chi connectivity index (χ1n) is 15.6. The van der Waals surface area contributed by atoms with Crippen LogP contribution in [0.5, 0.6) is 0 Å². The molecule has 2 heterocycles. The second-order valence-corrected chi connectivity index (χ2v) is 11.9. The molecular weight excluding hydrogens is 571 g/mol. The minimum absolute atomic E-state index is 0.601. The highest BCUT2D eigenvalue weighted by Crippen LogP contribution is 2.50. The van der Waals surface area contributed by atoms with Gasteiger partial charge in [-0.2, -0.15) is 10.5 Å². The third-order valence-electron chi connectivity index (χ3n) is 9.40. The Kier molecular flexibility index (Phi) is 5.94. The van der Waals surface area contributed by atoms with Crippen LogP contribution in [0.1, 0.15) is 11.1 Å². The predicted octanol–water partition coefficient (Wildman–Crippen LogP) is 11.2. The molecule has 0 unspecified atom stereocenters. The van der Waals surface area contributed by atoms with E-state index in [1.165, 1.54) is 0 Å². The standard InChI is InChI=1S/C44H25N3/c45-26-28-19-21-36-40(23-28)47-41-24-29(27-46)20-22-37(41)43-39(35-18-10-8-16-33(35)31-13-5-2-6-14-31)25-38(42(36)44(43)47)34-17-9-7-15-32(34)30-11-3-1-4-12-30/h1-25H. The third kappa shape index (κ3) is 3.98. The molecule has 0 amide bonds. The second kappa shape index (κ2) is 10.5. The van der Waals surface area contributed by atoms with Gasteiger partial charge < -0.3 is 4.40 Å². The number of hydrogen-bond donors (Lipinski definition) is 0. The van der Waals surface area contributed by atoms with E-state index in [1.807, 2.05) is 36.4 Å². The lowest BCUT2D eigenvalue weighted by Gasteiger charge is -2.17. The van der Waals surface area contributed by atoms with E-state index < -0.39 is 0 Å². The maximum Gasteiger partial charge on any atom is 0.0992 e. The quantitative estimate of drug-likeness (QED) is 0.203. The molecule has 0 bridgehead atoms. The smallest absolute Gasteiger partial charge is 0.0992 e. The molecule has 47 heavy (non-hydrogen) atoms. The number of benzene rings is 7. The minimum atomic E-state index is 0.601. The van der Waals surface area contributed by atoms with Crippen molar-refractivity contribution in [2.45, 2.75) is 0 Å². The van der Waals surface area contributed by atoms with Crippen LogP contribution in [0.3, 0.4) is 0 Å². The molecule has 0 N–H and O–H groups in total. The van der Waals surface area contributed by atoms with Gasteiger partial charge in [-0.05, 0) is 74.8 Å². The van der Waals surface area contributed by atoms with Crippen molar-refractivity contribution in [3.05, 3.63) is 163 Å². The van der Waals surface area contributed by atoms with Crippen molar-refractivity contribution in [3.8, 4) is 56.6 Å². The first kappa shape index (κ1) is 26.7. The number of fused-ring (bicyclic) bond motifs is 6. The first-order valence-corrected chi connectivity index (χ1v) is 15.6. The molecule has 9 rings (SSSR count). The van der Waals surface area contributed by atoms with Gasteiger partial charge in [0.2, 0.25) is 0 Å². The van der Waals surface area contributed by atoms with E-state index in [4.69, 9.17) is 0 Å². The van der Waals surface area contributed by atoms with Gasteiger partial charge in [0.1, 0.15) is 0 Å². The van der Waals surface area contributed by atoms with Crippen LogP contribution in [0.2, 0.25) is 0 Å². The maximum absolute atomic E-state index is 9.95. The van der Waals surface area contributed by atoms with Gasteiger partial charge in [0.25, 0.3) is 0 Å².